The summed E-state index contributed by atoms with van der Waals surface area (Å²) in [6, 6.07) is 0.702. The highest BCUT2D eigenvalue weighted by Gasteiger charge is 2.41. The Hall–Kier alpha value is 0.270. The summed E-state index contributed by atoms with van der Waals surface area (Å²) in [5, 5.41) is 3.83. The molecule has 0 radical (unpaired) electrons. The molecule has 20 heavy (non-hydrogen) atoms. The second-order valence-corrected chi connectivity index (χ2v) is 7.78. The molecule has 118 valence electrons. The lowest BCUT2D eigenvalue weighted by Crippen LogP contribution is -2.47. The fraction of sp³-hybridized carbons (Fsp3) is 1.00. The topological polar surface area (TPSA) is 21.3 Å². The van der Waals surface area contributed by atoms with E-state index in [-0.39, 0.29) is 5.60 Å². The number of hydrogen-bond acceptors (Lipinski definition) is 3. The first-order valence-electron chi connectivity index (χ1n) is 8.75. The molecule has 1 heterocycles. The molecule has 0 amide bonds. The SMILES string of the molecule is CCCNC(CSCCC)C1CCOC2(CCCC2)C1. The van der Waals surface area contributed by atoms with Crippen LogP contribution >= 0.6 is 11.8 Å². The van der Waals surface area contributed by atoms with Gasteiger partial charge < -0.3 is 10.1 Å². The van der Waals surface area contributed by atoms with Gasteiger partial charge in [0.05, 0.1) is 5.60 Å². The molecule has 1 aliphatic heterocycles. The lowest BCUT2D eigenvalue weighted by molar-refractivity contribution is -0.0967. The van der Waals surface area contributed by atoms with Crippen LogP contribution in [0.5, 0.6) is 0 Å². The van der Waals surface area contributed by atoms with Crippen LogP contribution in [-0.2, 0) is 4.74 Å². The van der Waals surface area contributed by atoms with E-state index in [1.54, 1.807) is 0 Å². The van der Waals surface area contributed by atoms with Crippen LogP contribution in [0.4, 0.5) is 0 Å². The van der Waals surface area contributed by atoms with Gasteiger partial charge in [0.15, 0.2) is 0 Å². The van der Waals surface area contributed by atoms with Crippen molar-refractivity contribution >= 4 is 11.8 Å². The van der Waals surface area contributed by atoms with Crippen LogP contribution in [0.3, 0.4) is 0 Å². The van der Waals surface area contributed by atoms with E-state index in [0.717, 1.165) is 12.5 Å². The van der Waals surface area contributed by atoms with Gasteiger partial charge in [0.1, 0.15) is 0 Å². The molecule has 3 heteroatoms. The Morgan fingerprint density at radius 3 is 2.75 bits per heavy atom. The van der Waals surface area contributed by atoms with Gasteiger partial charge in [0.25, 0.3) is 0 Å². The quantitative estimate of drug-likeness (QED) is 0.677. The van der Waals surface area contributed by atoms with E-state index in [1.165, 1.54) is 69.4 Å². The minimum atomic E-state index is 0.268. The molecule has 0 aromatic carbocycles. The molecule has 2 atom stereocenters. The first kappa shape index (κ1) is 16.6. The molecule has 0 aromatic heterocycles. The second-order valence-electron chi connectivity index (χ2n) is 6.63. The predicted molar refractivity (Wildman–Crippen MR) is 89.6 cm³/mol. The van der Waals surface area contributed by atoms with Crippen molar-refractivity contribution in [3.05, 3.63) is 0 Å². The van der Waals surface area contributed by atoms with Crippen LogP contribution < -0.4 is 5.32 Å². The summed E-state index contributed by atoms with van der Waals surface area (Å²) >= 11 is 2.13. The number of hydrogen-bond donors (Lipinski definition) is 1. The Labute approximate surface area is 129 Å². The molecule has 1 saturated carbocycles. The Bertz CT molecular complexity index is 266. The summed E-state index contributed by atoms with van der Waals surface area (Å²) in [6.07, 6.45) is 10.5. The van der Waals surface area contributed by atoms with Crippen molar-refractivity contribution in [3.8, 4) is 0 Å². The summed E-state index contributed by atoms with van der Waals surface area (Å²) in [5.41, 5.74) is 0.268. The zero-order valence-corrected chi connectivity index (χ0v) is 14.3. The van der Waals surface area contributed by atoms with E-state index < -0.39 is 0 Å². The fourth-order valence-corrected chi connectivity index (χ4v) is 4.92. The van der Waals surface area contributed by atoms with Crippen LogP contribution in [0.25, 0.3) is 0 Å². The summed E-state index contributed by atoms with van der Waals surface area (Å²) in [6.45, 7) is 6.71. The van der Waals surface area contributed by atoms with E-state index in [1.807, 2.05) is 0 Å². The van der Waals surface area contributed by atoms with Crippen LogP contribution in [0.1, 0.15) is 65.2 Å². The van der Waals surface area contributed by atoms with Crippen molar-refractivity contribution in [1.82, 2.24) is 5.32 Å². The van der Waals surface area contributed by atoms with Crippen molar-refractivity contribution in [2.75, 3.05) is 24.7 Å². The molecule has 0 bridgehead atoms. The van der Waals surface area contributed by atoms with Gasteiger partial charge in [-0.1, -0.05) is 26.7 Å². The van der Waals surface area contributed by atoms with Crippen LogP contribution in [-0.4, -0.2) is 36.3 Å². The summed E-state index contributed by atoms with van der Waals surface area (Å²) in [5.74, 6) is 3.42. The Morgan fingerprint density at radius 1 is 1.25 bits per heavy atom. The number of thioether (sulfide) groups is 1. The molecule has 0 aromatic rings. The van der Waals surface area contributed by atoms with Gasteiger partial charge in [0.2, 0.25) is 0 Å². The molecule has 1 aliphatic carbocycles. The number of rotatable bonds is 8. The first-order valence-corrected chi connectivity index (χ1v) is 9.90. The lowest BCUT2D eigenvalue weighted by atomic mass is 9.81. The van der Waals surface area contributed by atoms with Crippen molar-refractivity contribution in [2.45, 2.75) is 76.9 Å². The highest BCUT2D eigenvalue weighted by Crippen LogP contribution is 2.43. The molecule has 1 spiro atoms. The summed E-state index contributed by atoms with van der Waals surface area (Å²) in [4.78, 5) is 0. The normalized spacial score (nSPS) is 27.0. The van der Waals surface area contributed by atoms with Crippen molar-refractivity contribution in [2.24, 2.45) is 5.92 Å². The van der Waals surface area contributed by atoms with Gasteiger partial charge in [-0.2, -0.15) is 11.8 Å². The van der Waals surface area contributed by atoms with E-state index in [4.69, 9.17) is 4.74 Å². The minimum Gasteiger partial charge on any atom is -0.375 e. The average Bonchev–Trinajstić information content (AvgIpc) is 2.90. The van der Waals surface area contributed by atoms with Gasteiger partial charge in [-0.05, 0) is 56.7 Å². The third-order valence-electron chi connectivity index (χ3n) is 4.92. The zero-order chi connectivity index (χ0) is 14.3. The first-order chi connectivity index (χ1) is 9.79. The van der Waals surface area contributed by atoms with Gasteiger partial charge >= 0.3 is 0 Å². The van der Waals surface area contributed by atoms with E-state index >= 15 is 0 Å². The Kier molecular flexibility index (Phi) is 7.20. The fourth-order valence-electron chi connectivity index (χ4n) is 3.82. The highest BCUT2D eigenvalue weighted by molar-refractivity contribution is 7.99. The maximum Gasteiger partial charge on any atom is 0.0685 e. The van der Waals surface area contributed by atoms with E-state index in [9.17, 15) is 0 Å². The average molecular weight is 300 g/mol. The monoisotopic (exact) mass is 299 g/mol. The van der Waals surface area contributed by atoms with Gasteiger partial charge in [0, 0.05) is 18.4 Å². The third kappa shape index (κ3) is 4.64. The molecule has 1 saturated heterocycles. The predicted octanol–water partition coefficient (Wildman–Crippen LogP) is 4.24. The standard InChI is InChI=1S/C17H33NOS/c1-3-10-18-16(14-20-12-4-2)15-7-11-19-17(13-15)8-5-6-9-17/h15-16,18H,3-14H2,1-2H3. The van der Waals surface area contributed by atoms with Crippen molar-refractivity contribution in [3.63, 3.8) is 0 Å². The zero-order valence-electron chi connectivity index (χ0n) is 13.5. The van der Waals surface area contributed by atoms with Gasteiger partial charge in [-0.25, -0.2) is 0 Å². The van der Waals surface area contributed by atoms with Crippen molar-refractivity contribution < 1.29 is 4.74 Å². The maximum atomic E-state index is 6.20. The Morgan fingerprint density at radius 2 is 2.05 bits per heavy atom. The number of ether oxygens (including phenoxy) is 1. The molecule has 2 unspecified atom stereocenters. The highest BCUT2D eigenvalue weighted by atomic mass is 32.2. The smallest absolute Gasteiger partial charge is 0.0685 e. The van der Waals surface area contributed by atoms with E-state index in [2.05, 4.69) is 30.9 Å². The molecule has 2 nitrogen and oxygen atoms in total. The largest absolute Gasteiger partial charge is 0.375 e. The summed E-state index contributed by atoms with van der Waals surface area (Å²) < 4.78 is 6.20. The van der Waals surface area contributed by atoms with Crippen LogP contribution in [0.2, 0.25) is 0 Å². The lowest BCUT2D eigenvalue weighted by Gasteiger charge is -2.41. The Balaban J connectivity index is 1.88. The van der Waals surface area contributed by atoms with E-state index in [0.29, 0.717) is 6.04 Å². The van der Waals surface area contributed by atoms with Crippen LogP contribution in [0.15, 0.2) is 0 Å². The molecule has 2 aliphatic rings. The molecule has 2 fully saturated rings. The van der Waals surface area contributed by atoms with Crippen molar-refractivity contribution in [1.29, 1.82) is 0 Å². The molecule has 1 N–H and O–H groups in total. The number of nitrogens with one attached hydrogen (secondary N) is 1. The van der Waals surface area contributed by atoms with Gasteiger partial charge in [-0.3, -0.25) is 0 Å². The maximum absolute atomic E-state index is 6.20. The summed E-state index contributed by atoms with van der Waals surface area (Å²) in [7, 11) is 0. The van der Waals surface area contributed by atoms with Gasteiger partial charge in [-0.15, -0.1) is 0 Å². The minimum absolute atomic E-state index is 0.268. The third-order valence-corrected chi connectivity index (χ3v) is 6.21. The molecular formula is C17H33NOS. The second kappa shape index (κ2) is 8.65. The van der Waals surface area contributed by atoms with Crippen LogP contribution in [0, 0.1) is 5.92 Å². The molecular weight excluding hydrogens is 266 g/mol. The molecule has 2 rings (SSSR count).